The molecule has 6 nitrogen and oxygen atoms in total. The summed E-state index contributed by atoms with van der Waals surface area (Å²) in [6.07, 6.45) is 1.49. The van der Waals surface area contributed by atoms with Gasteiger partial charge in [0.05, 0.1) is 5.92 Å². The second kappa shape index (κ2) is 9.40. The third kappa shape index (κ3) is 5.19. The van der Waals surface area contributed by atoms with E-state index in [9.17, 15) is 13.2 Å². The van der Waals surface area contributed by atoms with Crippen molar-refractivity contribution in [1.29, 1.82) is 0 Å². The molecule has 2 aromatic rings. The highest BCUT2D eigenvalue weighted by molar-refractivity contribution is 7.91. The Kier molecular flexibility index (Phi) is 6.81. The lowest BCUT2D eigenvalue weighted by Crippen LogP contribution is -2.52. The van der Waals surface area contributed by atoms with E-state index in [-0.39, 0.29) is 11.8 Å². The molecule has 2 saturated heterocycles. The minimum Gasteiger partial charge on any atom is -0.340 e. The predicted octanol–water partition coefficient (Wildman–Crippen LogP) is 3.11. The van der Waals surface area contributed by atoms with Gasteiger partial charge in [0.1, 0.15) is 4.21 Å². The number of piperidine rings is 1. The van der Waals surface area contributed by atoms with Crippen molar-refractivity contribution in [3.63, 3.8) is 0 Å². The van der Waals surface area contributed by atoms with Crippen LogP contribution in [0.3, 0.4) is 0 Å². The lowest BCUT2D eigenvalue weighted by Gasteiger charge is -2.38. The second-order valence-corrected chi connectivity index (χ2v) is 12.1. The highest BCUT2D eigenvalue weighted by atomic mass is 32.2. The number of benzene rings is 1. The zero-order chi connectivity index (χ0) is 22.0. The fourth-order valence-corrected chi connectivity index (χ4v) is 7.45. The quantitative estimate of drug-likeness (QED) is 0.687. The largest absolute Gasteiger partial charge is 0.340 e. The number of aryl methyl sites for hydroxylation is 2. The van der Waals surface area contributed by atoms with Gasteiger partial charge in [-0.15, -0.1) is 11.3 Å². The molecule has 1 atom stereocenters. The first-order valence-electron chi connectivity index (χ1n) is 11.0. The van der Waals surface area contributed by atoms with Crippen LogP contribution in [0.1, 0.15) is 28.8 Å². The monoisotopic (exact) mass is 461 g/mol. The van der Waals surface area contributed by atoms with Gasteiger partial charge in [-0.05, 0) is 44.4 Å². The first-order valence-corrected chi connectivity index (χ1v) is 13.2. The minimum absolute atomic E-state index is 0.109. The molecule has 1 unspecified atom stereocenters. The maximum absolute atomic E-state index is 13.2. The van der Waals surface area contributed by atoms with E-state index in [1.807, 2.05) is 17.9 Å². The summed E-state index contributed by atoms with van der Waals surface area (Å²) in [6.45, 7) is 8.81. The summed E-state index contributed by atoms with van der Waals surface area (Å²) in [6, 6.07) is 12.1. The summed E-state index contributed by atoms with van der Waals surface area (Å²) in [5, 5.41) is 0. The molecule has 0 aliphatic carbocycles. The van der Waals surface area contributed by atoms with Gasteiger partial charge in [-0.2, -0.15) is 4.31 Å². The van der Waals surface area contributed by atoms with Crippen LogP contribution in [0.25, 0.3) is 0 Å². The van der Waals surface area contributed by atoms with E-state index < -0.39 is 10.0 Å². The van der Waals surface area contributed by atoms with Crippen molar-refractivity contribution < 1.29 is 13.2 Å². The van der Waals surface area contributed by atoms with Crippen LogP contribution in [0.5, 0.6) is 0 Å². The number of piperazine rings is 1. The van der Waals surface area contributed by atoms with Crippen molar-refractivity contribution in [3.8, 4) is 0 Å². The predicted molar refractivity (Wildman–Crippen MR) is 124 cm³/mol. The van der Waals surface area contributed by atoms with Gasteiger partial charge in [-0.3, -0.25) is 9.69 Å². The normalized spacial score (nSPS) is 21.4. The summed E-state index contributed by atoms with van der Waals surface area (Å²) in [7, 11) is -3.51. The molecule has 2 aliphatic rings. The third-order valence-corrected chi connectivity index (χ3v) is 9.55. The molecule has 168 valence electrons. The molecular formula is C23H31N3O3S2. The van der Waals surface area contributed by atoms with Gasteiger partial charge in [-0.1, -0.05) is 29.8 Å². The molecule has 2 fully saturated rings. The number of carbonyl (C=O) groups is 1. The van der Waals surface area contributed by atoms with Crippen LogP contribution in [0.2, 0.25) is 0 Å². The average molecular weight is 462 g/mol. The fourth-order valence-electron chi connectivity index (χ4n) is 4.49. The van der Waals surface area contributed by atoms with Crippen molar-refractivity contribution in [2.24, 2.45) is 5.92 Å². The van der Waals surface area contributed by atoms with Crippen molar-refractivity contribution >= 4 is 27.3 Å². The van der Waals surface area contributed by atoms with Crippen molar-refractivity contribution in [1.82, 2.24) is 14.1 Å². The lowest BCUT2D eigenvalue weighted by molar-refractivity contribution is -0.138. The number of carbonyl (C=O) groups excluding carboxylic acids is 1. The Hall–Kier alpha value is -1.74. The number of rotatable bonds is 5. The number of nitrogens with zero attached hydrogens (tertiary/aromatic N) is 3. The Morgan fingerprint density at radius 2 is 1.84 bits per heavy atom. The molecule has 31 heavy (non-hydrogen) atoms. The molecule has 3 heterocycles. The van der Waals surface area contributed by atoms with E-state index in [0.29, 0.717) is 30.4 Å². The van der Waals surface area contributed by atoms with Crippen LogP contribution >= 0.6 is 11.3 Å². The number of sulfonamides is 1. The second-order valence-electron chi connectivity index (χ2n) is 8.66. The maximum Gasteiger partial charge on any atom is 0.252 e. The van der Waals surface area contributed by atoms with Gasteiger partial charge in [-0.25, -0.2) is 8.42 Å². The Morgan fingerprint density at radius 3 is 2.52 bits per heavy atom. The van der Waals surface area contributed by atoms with E-state index in [1.165, 1.54) is 26.8 Å². The van der Waals surface area contributed by atoms with E-state index in [1.54, 1.807) is 6.07 Å². The Morgan fingerprint density at radius 1 is 1.06 bits per heavy atom. The molecule has 0 spiro atoms. The Bertz CT molecular complexity index is 1030. The average Bonchev–Trinajstić information content (AvgIpc) is 3.21. The summed E-state index contributed by atoms with van der Waals surface area (Å²) < 4.78 is 27.9. The molecular weight excluding hydrogens is 430 g/mol. The summed E-state index contributed by atoms with van der Waals surface area (Å²) in [5.41, 5.74) is 2.57. The lowest BCUT2D eigenvalue weighted by atomic mass is 9.97. The Labute approximate surface area is 189 Å². The van der Waals surface area contributed by atoms with Crippen LogP contribution in [-0.2, 0) is 21.4 Å². The van der Waals surface area contributed by atoms with Crippen LogP contribution in [0, 0.1) is 19.8 Å². The number of hydrogen-bond acceptors (Lipinski definition) is 5. The molecule has 0 N–H and O–H groups in total. The van der Waals surface area contributed by atoms with Crippen LogP contribution in [0.15, 0.2) is 40.6 Å². The topological polar surface area (TPSA) is 60.9 Å². The van der Waals surface area contributed by atoms with E-state index >= 15 is 0 Å². The third-order valence-electron chi connectivity index (χ3n) is 6.22. The van der Waals surface area contributed by atoms with Crippen LogP contribution in [0.4, 0.5) is 0 Å². The molecule has 0 saturated carbocycles. The van der Waals surface area contributed by atoms with Crippen molar-refractivity contribution in [2.75, 3.05) is 39.3 Å². The van der Waals surface area contributed by atoms with Crippen molar-refractivity contribution in [3.05, 3.63) is 52.4 Å². The van der Waals surface area contributed by atoms with Gasteiger partial charge < -0.3 is 4.90 Å². The van der Waals surface area contributed by atoms with E-state index in [2.05, 4.69) is 36.1 Å². The molecule has 8 heteroatoms. The number of amides is 1. The molecule has 0 radical (unpaired) electrons. The highest BCUT2D eigenvalue weighted by Gasteiger charge is 2.36. The smallest absolute Gasteiger partial charge is 0.252 e. The maximum atomic E-state index is 13.2. The molecule has 2 aliphatic heterocycles. The SMILES string of the molecule is Cc1cccc(CN2CCN(C(=O)C3CCCN(S(=O)(=O)c4ccc(C)s4)C3)CC2)c1. The van der Waals surface area contributed by atoms with Gasteiger partial charge in [0.2, 0.25) is 5.91 Å². The van der Waals surface area contributed by atoms with E-state index in [0.717, 1.165) is 37.4 Å². The first kappa shape index (κ1) is 22.5. The van der Waals surface area contributed by atoms with Crippen molar-refractivity contribution in [2.45, 2.75) is 37.4 Å². The molecule has 0 bridgehead atoms. The van der Waals surface area contributed by atoms with Gasteiger partial charge in [0.15, 0.2) is 0 Å². The first-order chi connectivity index (χ1) is 14.8. The highest BCUT2D eigenvalue weighted by Crippen LogP contribution is 2.29. The number of thiophene rings is 1. The molecule has 4 rings (SSSR count). The van der Waals surface area contributed by atoms with Gasteiger partial charge in [0, 0.05) is 50.7 Å². The minimum atomic E-state index is -3.51. The fraction of sp³-hybridized carbons (Fsp3) is 0.522. The van der Waals surface area contributed by atoms with E-state index in [4.69, 9.17) is 0 Å². The molecule has 1 aromatic heterocycles. The molecule has 1 aromatic carbocycles. The summed E-state index contributed by atoms with van der Waals surface area (Å²) in [5.74, 6) is -0.134. The van der Waals surface area contributed by atoms with Gasteiger partial charge >= 0.3 is 0 Å². The summed E-state index contributed by atoms with van der Waals surface area (Å²) >= 11 is 1.30. The molecule has 1 amide bonds. The zero-order valence-electron chi connectivity index (χ0n) is 18.3. The number of hydrogen-bond donors (Lipinski definition) is 0. The van der Waals surface area contributed by atoms with Crippen LogP contribution in [-0.4, -0.2) is 67.7 Å². The summed E-state index contributed by atoms with van der Waals surface area (Å²) in [4.78, 5) is 18.5. The van der Waals surface area contributed by atoms with Crippen LogP contribution < -0.4 is 0 Å². The zero-order valence-corrected chi connectivity index (χ0v) is 19.9. The Balaban J connectivity index is 1.33. The van der Waals surface area contributed by atoms with Gasteiger partial charge in [0.25, 0.3) is 10.0 Å². The standard InChI is InChI=1S/C23H31N3O3S2/c1-18-5-3-6-20(15-18)16-24-11-13-25(14-12-24)23(27)21-7-4-10-26(17-21)31(28,29)22-9-8-19(2)30-22/h3,5-6,8-9,15,21H,4,7,10-14,16-17H2,1-2H3.